The number of hydrogen-bond donors (Lipinski definition) is 1. The highest BCUT2D eigenvalue weighted by Gasteiger charge is 2.32. The number of rotatable bonds is 7. The number of nitrogens with zero attached hydrogens (tertiary/aromatic N) is 3. The summed E-state index contributed by atoms with van der Waals surface area (Å²) in [7, 11) is 0. The first-order chi connectivity index (χ1) is 16.2. The number of hydrogen-bond acceptors (Lipinski definition) is 6. The second kappa shape index (κ2) is 11.3. The van der Waals surface area contributed by atoms with Crippen molar-refractivity contribution in [3.63, 3.8) is 0 Å². The van der Waals surface area contributed by atoms with E-state index in [1.54, 1.807) is 42.2 Å². The Balaban J connectivity index is 1.47. The summed E-state index contributed by atoms with van der Waals surface area (Å²) in [6, 6.07) is 7.88. The average molecular weight is 497 g/mol. The molecule has 1 aromatic heterocycles. The summed E-state index contributed by atoms with van der Waals surface area (Å²) in [6.45, 7) is 4.23. The topological polar surface area (TPSA) is 74.8 Å². The van der Waals surface area contributed by atoms with E-state index < -0.39 is 17.7 Å². The number of aromatic nitrogens is 1. The molecule has 1 N–H and O–H groups in total. The van der Waals surface area contributed by atoms with E-state index in [-0.39, 0.29) is 17.5 Å². The molecule has 0 spiro atoms. The van der Waals surface area contributed by atoms with Crippen molar-refractivity contribution in [2.24, 2.45) is 0 Å². The third kappa shape index (κ3) is 7.19. The zero-order valence-corrected chi connectivity index (χ0v) is 19.2. The fraction of sp³-hybridized carbons (Fsp3) is 0.348. The van der Waals surface area contributed by atoms with Crippen molar-refractivity contribution in [2.45, 2.75) is 13.1 Å². The molecule has 1 saturated heterocycles. The summed E-state index contributed by atoms with van der Waals surface area (Å²) < 4.78 is 43.2. The van der Waals surface area contributed by atoms with Gasteiger partial charge in [-0.15, -0.1) is 0 Å². The quantitative estimate of drug-likeness (QED) is 0.460. The number of alkyl halides is 3. The van der Waals surface area contributed by atoms with E-state index in [9.17, 15) is 22.8 Å². The highest BCUT2D eigenvalue weighted by molar-refractivity contribution is 6.33. The molecule has 0 unspecified atom stereocenters. The van der Waals surface area contributed by atoms with Gasteiger partial charge in [-0.05, 0) is 36.8 Å². The molecule has 1 aromatic carbocycles. The van der Waals surface area contributed by atoms with Gasteiger partial charge in [0, 0.05) is 44.1 Å². The van der Waals surface area contributed by atoms with Gasteiger partial charge in [-0.2, -0.15) is 13.2 Å². The van der Waals surface area contributed by atoms with Crippen molar-refractivity contribution in [1.82, 2.24) is 9.88 Å². The number of anilines is 2. The first kappa shape index (κ1) is 25.5. The minimum atomic E-state index is -4.50. The van der Waals surface area contributed by atoms with Gasteiger partial charge in [-0.1, -0.05) is 23.7 Å². The summed E-state index contributed by atoms with van der Waals surface area (Å²) in [6.07, 6.45) is -0.759. The normalized spacial score (nSPS) is 14.9. The Bertz CT molecular complexity index is 1040. The highest BCUT2D eigenvalue weighted by atomic mass is 35.5. The van der Waals surface area contributed by atoms with Crippen LogP contribution in [0.4, 0.5) is 24.7 Å². The average Bonchev–Trinajstić information content (AvgIpc) is 2.79. The fourth-order valence-electron chi connectivity index (χ4n) is 3.37. The van der Waals surface area contributed by atoms with Gasteiger partial charge >= 0.3 is 12.1 Å². The lowest BCUT2D eigenvalue weighted by Gasteiger charge is -2.35. The molecular formula is C23H24ClF3N4O3. The monoisotopic (exact) mass is 496 g/mol. The van der Waals surface area contributed by atoms with E-state index in [1.807, 2.05) is 4.90 Å². The lowest BCUT2D eigenvalue weighted by Crippen LogP contribution is -2.49. The zero-order valence-electron chi connectivity index (χ0n) is 18.4. The number of nitrogens with one attached hydrogen (secondary N) is 1. The van der Waals surface area contributed by atoms with Crippen LogP contribution >= 0.6 is 11.6 Å². The van der Waals surface area contributed by atoms with Crippen molar-refractivity contribution in [1.29, 1.82) is 0 Å². The minimum absolute atomic E-state index is 0.0541. The van der Waals surface area contributed by atoms with Crippen LogP contribution in [0.3, 0.4) is 0 Å². The molecule has 1 amide bonds. The predicted molar refractivity (Wildman–Crippen MR) is 124 cm³/mol. The van der Waals surface area contributed by atoms with Gasteiger partial charge in [0.2, 0.25) is 5.91 Å². The van der Waals surface area contributed by atoms with E-state index in [2.05, 4.69) is 10.3 Å². The van der Waals surface area contributed by atoms with Crippen LogP contribution in [-0.2, 0) is 20.5 Å². The molecule has 2 heterocycles. The maximum Gasteiger partial charge on any atom is 0.417 e. The molecule has 3 rings (SSSR count). The molecule has 0 radical (unpaired) electrons. The molecule has 1 fully saturated rings. The molecule has 11 heteroatoms. The van der Waals surface area contributed by atoms with Gasteiger partial charge in [0.15, 0.2) is 0 Å². The van der Waals surface area contributed by atoms with Gasteiger partial charge in [-0.3, -0.25) is 9.69 Å². The number of halogens is 4. The van der Waals surface area contributed by atoms with Crippen LogP contribution in [0.5, 0.6) is 0 Å². The maximum absolute atomic E-state index is 12.8. The third-order valence-corrected chi connectivity index (χ3v) is 5.36. The van der Waals surface area contributed by atoms with Gasteiger partial charge in [0.25, 0.3) is 0 Å². The number of pyridine rings is 1. The second-order valence-corrected chi connectivity index (χ2v) is 7.95. The number of esters is 1. The number of carbonyl (C=O) groups excluding carboxylic acids is 2. The van der Waals surface area contributed by atoms with Crippen LogP contribution in [0.15, 0.2) is 42.6 Å². The predicted octanol–water partition coefficient (Wildman–Crippen LogP) is 4.09. The van der Waals surface area contributed by atoms with Crippen LogP contribution in [0, 0.1) is 0 Å². The molecule has 2 aromatic rings. The Hall–Kier alpha value is -3.11. The number of benzene rings is 1. The first-order valence-electron chi connectivity index (χ1n) is 10.6. The Labute approximate surface area is 200 Å². The third-order valence-electron chi connectivity index (χ3n) is 5.08. The van der Waals surface area contributed by atoms with E-state index in [0.717, 1.165) is 17.8 Å². The number of piperazine rings is 1. The van der Waals surface area contributed by atoms with Crippen LogP contribution in [0.1, 0.15) is 18.1 Å². The van der Waals surface area contributed by atoms with Gasteiger partial charge in [-0.25, -0.2) is 9.78 Å². The van der Waals surface area contributed by atoms with Crippen LogP contribution in [0.2, 0.25) is 5.02 Å². The molecule has 182 valence electrons. The van der Waals surface area contributed by atoms with Crippen molar-refractivity contribution in [3.8, 4) is 0 Å². The van der Waals surface area contributed by atoms with E-state index >= 15 is 0 Å². The smallest absolute Gasteiger partial charge is 0.417 e. The lowest BCUT2D eigenvalue weighted by molar-refractivity contribution is -0.138. The Kier molecular flexibility index (Phi) is 8.51. The van der Waals surface area contributed by atoms with Crippen LogP contribution in [-0.4, -0.2) is 61.1 Å². The first-order valence-corrected chi connectivity index (χ1v) is 11.0. The second-order valence-electron chi connectivity index (χ2n) is 7.55. The van der Waals surface area contributed by atoms with Gasteiger partial charge < -0.3 is 15.0 Å². The Morgan fingerprint density at radius 2 is 1.85 bits per heavy atom. The lowest BCUT2D eigenvalue weighted by atomic mass is 10.2. The molecule has 1 aliphatic heterocycles. The maximum atomic E-state index is 12.8. The van der Waals surface area contributed by atoms with Crippen molar-refractivity contribution < 1.29 is 27.5 Å². The molecular weight excluding hydrogens is 473 g/mol. The highest BCUT2D eigenvalue weighted by Crippen LogP contribution is 2.33. The number of ether oxygens (including phenoxy) is 1. The van der Waals surface area contributed by atoms with E-state index in [4.69, 9.17) is 16.3 Å². The van der Waals surface area contributed by atoms with Gasteiger partial charge in [0.05, 0.1) is 23.7 Å². The van der Waals surface area contributed by atoms with Crippen molar-refractivity contribution in [2.75, 3.05) is 49.5 Å². The molecule has 0 atom stereocenters. The zero-order chi connectivity index (χ0) is 24.7. The summed E-state index contributed by atoms with van der Waals surface area (Å²) >= 11 is 6.03. The molecule has 1 aliphatic rings. The van der Waals surface area contributed by atoms with Crippen LogP contribution in [0.25, 0.3) is 6.08 Å². The molecule has 0 bridgehead atoms. The minimum Gasteiger partial charge on any atom is -0.463 e. The fourth-order valence-corrected chi connectivity index (χ4v) is 3.66. The van der Waals surface area contributed by atoms with E-state index in [1.165, 1.54) is 6.08 Å². The van der Waals surface area contributed by atoms with Crippen molar-refractivity contribution >= 4 is 41.1 Å². The van der Waals surface area contributed by atoms with Gasteiger partial charge in [0.1, 0.15) is 5.82 Å². The number of amides is 1. The van der Waals surface area contributed by atoms with E-state index in [0.29, 0.717) is 44.3 Å². The van der Waals surface area contributed by atoms with Crippen LogP contribution < -0.4 is 10.2 Å². The molecule has 0 aliphatic carbocycles. The Morgan fingerprint density at radius 1 is 1.18 bits per heavy atom. The summed E-state index contributed by atoms with van der Waals surface area (Å²) in [4.78, 5) is 31.4. The summed E-state index contributed by atoms with van der Waals surface area (Å²) in [5.74, 6) is -0.304. The number of carbonyl (C=O) groups is 2. The molecule has 7 nitrogen and oxygen atoms in total. The summed E-state index contributed by atoms with van der Waals surface area (Å²) in [5, 5.41) is 2.77. The largest absolute Gasteiger partial charge is 0.463 e. The molecule has 34 heavy (non-hydrogen) atoms. The SMILES string of the molecule is CCOC(=O)/C=C/c1ccc(NC(=O)CN2CCN(c3ncc(C(F)(F)F)cc3Cl)CC2)cc1. The molecule has 0 saturated carbocycles. The summed E-state index contributed by atoms with van der Waals surface area (Å²) in [5.41, 5.74) is 0.523. The van der Waals surface area contributed by atoms with Crippen molar-refractivity contribution in [3.05, 3.63) is 58.8 Å². The Morgan fingerprint density at radius 3 is 2.44 bits per heavy atom. The standard InChI is InChI=1S/C23H24ClF3N4O3/c1-2-34-21(33)8-5-16-3-6-18(7-4-16)29-20(32)15-30-9-11-31(12-10-30)22-19(24)13-17(14-28-22)23(25,26)27/h3-8,13-14H,2,9-12,15H2,1H3,(H,29,32)/b8-5+.